The van der Waals surface area contributed by atoms with E-state index in [0.29, 0.717) is 6.04 Å². The van der Waals surface area contributed by atoms with E-state index in [1.165, 1.54) is 30.5 Å². The van der Waals surface area contributed by atoms with Gasteiger partial charge < -0.3 is 5.32 Å². The monoisotopic (exact) mass is 235 g/mol. The Kier molecular flexibility index (Phi) is 4.21. The number of aromatic nitrogens is 2. The fourth-order valence-electron chi connectivity index (χ4n) is 2.27. The van der Waals surface area contributed by atoms with Crippen LogP contribution in [0.5, 0.6) is 0 Å². The molecule has 1 atom stereocenters. The third-order valence-electron chi connectivity index (χ3n) is 3.63. The molecule has 96 valence electrons. The highest BCUT2D eigenvalue weighted by molar-refractivity contribution is 5.26. The molecule has 1 N–H and O–H groups in total. The molecule has 3 heteroatoms. The second-order valence-corrected chi connectivity index (χ2v) is 5.21. The maximum Gasteiger partial charge on any atom is 0.0537 e. The molecule has 1 aliphatic carbocycles. The Morgan fingerprint density at radius 1 is 1.47 bits per heavy atom. The van der Waals surface area contributed by atoms with E-state index in [0.717, 1.165) is 25.4 Å². The molecule has 0 bridgehead atoms. The molecule has 2 rings (SSSR count). The Hall–Kier alpha value is -0.830. The molecule has 1 saturated carbocycles. The van der Waals surface area contributed by atoms with Gasteiger partial charge in [0.2, 0.25) is 0 Å². The summed E-state index contributed by atoms with van der Waals surface area (Å²) in [6.45, 7) is 8.78. The smallest absolute Gasteiger partial charge is 0.0537 e. The van der Waals surface area contributed by atoms with Gasteiger partial charge in [-0.05, 0) is 39.2 Å². The molecular formula is C14H25N3. The van der Waals surface area contributed by atoms with Crippen LogP contribution in [-0.2, 0) is 6.54 Å². The molecule has 1 aliphatic rings. The molecular weight excluding hydrogens is 210 g/mol. The van der Waals surface area contributed by atoms with Crippen molar-refractivity contribution in [3.05, 3.63) is 17.5 Å². The van der Waals surface area contributed by atoms with Gasteiger partial charge in [-0.15, -0.1) is 0 Å². The van der Waals surface area contributed by atoms with E-state index >= 15 is 0 Å². The highest BCUT2D eigenvalue weighted by atomic mass is 15.3. The van der Waals surface area contributed by atoms with Crippen molar-refractivity contribution in [2.45, 2.75) is 65.0 Å². The van der Waals surface area contributed by atoms with E-state index in [9.17, 15) is 0 Å². The van der Waals surface area contributed by atoms with Crippen molar-refractivity contribution in [1.82, 2.24) is 15.1 Å². The molecule has 1 aromatic heterocycles. The molecule has 3 nitrogen and oxygen atoms in total. The molecule has 1 fully saturated rings. The minimum absolute atomic E-state index is 0.533. The van der Waals surface area contributed by atoms with Crippen molar-refractivity contribution in [2.24, 2.45) is 0 Å². The molecule has 0 amide bonds. The van der Waals surface area contributed by atoms with Crippen molar-refractivity contribution in [2.75, 3.05) is 6.54 Å². The molecule has 0 saturated heterocycles. The Bertz CT molecular complexity index is 352. The summed E-state index contributed by atoms with van der Waals surface area (Å²) in [7, 11) is 0. The van der Waals surface area contributed by atoms with Gasteiger partial charge in [-0.25, -0.2) is 0 Å². The maximum atomic E-state index is 4.60. The van der Waals surface area contributed by atoms with E-state index in [4.69, 9.17) is 0 Å². The summed E-state index contributed by atoms with van der Waals surface area (Å²) in [5.41, 5.74) is 2.92. The normalized spacial score (nSPS) is 17.4. The lowest BCUT2D eigenvalue weighted by molar-refractivity contribution is 0.459. The third kappa shape index (κ3) is 2.89. The van der Waals surface area contributed by atoms with Crippen LogP contribution >= 0.6 is 0 Å². The zero-order chi connectivity index (χ0) is 12.3. The van der Waals surface area contributed by atoms with E-state index in [1.54, 1.807) is 0 Å². The summed E-state index contributed by atoms with van der Waals surface area (Å²) in [5.74, 6) is 0.782. The fourth-order valence-corrected chi connectivity index (χ4v) is 2.27. The van der Waals surface area contributed by atoms with Gasteiger partial charge in [-0.2, -0.15) is 5.10 Å². The standard InChI is InChI=1S/C14H25N3/c1-4-8-15-9-13-10-16-17(11(3)5-2)14(13)12-6-7-12/h10-12,15H,4-9H2,1-3H3. The Labute approximate surface area is 105 Å². The van der Waals surface area contributed by atoms with Crippen molar-refractivity contribution < 1.29 is 0 Å². The minimum Gasteiger partial charge on any atom is -0.313 e. The number of nitrogens with one attached hydrogen (secondary N) is 1. The maximum absolute atomic E-state index is 4.60. The first kappa shape index (κ1) is 12.6. The summed E-state index contributed by atoms with van der Waals surface area (Å²) in [6, 6.07) is 0.533. The van der Waals surface area contributed by atoms with Crippen LogP contribution in [0.15, 0.2) is 6.20 Å². The highest BCUT2D eigenvalue weighted by Crippen LogP contribution is 2.42. The zero-order valence-corrected chi connectivity index (χ0v) is 11.4. The second kappa shape index (κ2) is 5.67. The van der Waals surface area contributed by atoms with E-state index in [1.807, 2.05) is 0 Å². The van der Waals surface area contributed by atoms with Crippen molar-refractivity contribution in [3.63, 3.8) is 0 Å². The lowest BCUT2D eigenvalue weighted by Crippen LogP contribution is -2.16. The Morgan fingerprint density at radius 3 is 2.82 bits per heavy atom. The summed E-state index contributed by atoms with van der Waals surface area (Å²) >= 11 is 0. The van der Waals surface area contributed by atoms with Crippen LogP contribution in [0.3, 0.4) is 0 Å². The lowest BCUT2D eigenvalue weighted by atomic mass is 10.1. The topological polar surface area (TPSA) is 29.9 Å². The van der Waals surface area contributed by atoms with Gasteiger partial charge in [0.1, 0.15) is 0 Å². The van der Waals surface area contributed by atoms with Gasteiger partial charge in [-0.1, -0.05) is 13.8 Å². The van der Waals surface area contributed by atoms with E-state index < -0.39 is 0 Å². The molecule has 1 heterocycles. The second-order valence-electron chi connectivity index (χ2n) is 5.21. The van der Waals surface area contributed by atoms with Gasteiger partial charge in [0.25, 0.3) is 0 Å². The summed E-state index contributed by atoms with van der Waals surface area (Å²) in [6.07, 6.45) is 7.12. The molecule has 17 heavy (non-hydrogen) atoms. The number of nitrogens with zero attached hydrogens (tertiary/aromatic N) is 2. The van der Waals surface area contributed by atoms with Crippen LogP contribution in [0.4, 0.5) is 0 Å². The first-order valence-electron chi connectivity index (χ1n) is 7.04. The van der Waals surface area contributed by atoms with Gasteiger partial charge in [0.05, 0.1) is 6.20 Å². The molecule has 1 unspecified atom stereocenters. The van der Waals surface area contributed by atoms with Crippen molar-refractivity contribution >= 4 is 0 Å². The van der Waals surface area contributed by atoms with Crippen molar-refractivity contribution in [3.8, 4) is 0 Å². The van der Waals surface area contributed by atoms with Gasteiger partial charge in [-0.3, -0.25) is 4.68 Å². The lowest BCUT2D eigenvalue weighted by Gasteiger charge is -2.14. The Morgan fingerprint density at radius 2 is 2.24 bits per heavy atom. The van der Waals surface area contributed by atoms with E-state index in [-0.39, 0.29) is 0 Å². The zero-order valence-electron chi connectivity index (χ0n) is 11.4. The van der Waals surface area contributed by atoms with Gasteiger partial charge in [0, 0.05) is 29.8 Å². The summed E-state index contributed by atoms with van der Waals surface area (Å²) in [5, 5.41) is 8.09. The fraction of sp³-hybridized carbons (Fsp3) is 0.786. The van der Waals surface area contributed by atoms with Crippen molar-refractivity contribution in [1.29, 1.82) is 0 Å². The SMILES string of the molecule is CCCNCc1cnn(C(C)CC)c1C1CC1. The van der Waals surface area contributed by atoms with Crippen LogP contribution in [0.1, 0.15) is 69.7 Å². The quantitative estimate of drug-likeness (QED) is 0.735. The average Bonchev–Trinajstić information content (AvgIpc) is 3.10. The number of hydrogen-bond acceptors (Lipinski definition) is 2. The minimum atomic E-state index is 0.533. The first-order valence-corrected chi connectivity index (χ1v) is 7.04. The summed E-state index contributed by atoms with van der Waals surface area (Å²) in [4.78, 5) is 0. The largest absolute Gasteiger partial charge is 0.313 e. The third-order valence-corrected chi connectivity index (χ3v) is 3.63. The molecule has 1 aromatic rings. The Balaban J connectivity index is 2.12. The predicted molar refractivity (Wildman–Crippen MR) is 71.2 cm³/mol. The van der Waals surface area contributed by atoms with Gasteiger partial charge >= 0.3 is 0 Å². The predicted octanol–water partition coefficient (Wildman–Crippen LogP) is 3.23. The van der Waals surface area contributed by atoms with Crippen LogP contribution in [0.25, 0.3) is 0 Å². The molecule has 0 aliphatic heterocycles. The molecule has 0 aromatic carbocycles. The van der Waals surface area contributed by atoms with E-state index in [2.05, 4.69) is 42.1 Å². The highest BCUT2D eigenvalue weighted by Gasteiger charge is 2.30. The molecule has 0 radical (unpaired) electrons. The number of hydrogen-bond donors (Lipinski definition) is 1. The van der Waals surface area contributed by atoms with Crippen LogP contribution in [0, 0.1) is 0 Å². The first-order chi connectivity index (χ1) is 8.27. The van der Waals surface area contributed by atoms with Crippen LogP contribution in [-0.4, -0.2) is 16.3 Å². The molecule has 0 spiro atoms. The number of rotatable bonds is 7. The van der Waals surface area contributed by atoms with Gasteiger partial charge in [0.15, 0.2) is 0 Å². The van der Waals surface area contributed by atoms with Crippen LogP contribution < -0.4 is 5.32 Å². The summed E-state index contributed by atoms with van der Waals surface area (Å²) < 4.78 is 2.26. The van der Waals surface area contributed by atoms with Crippen LogP contribution in [0.2, 0.25) is 0 Å². The average molecular weight is 235 g/mol.